The first-order chi connectivity index (χ1) is 12.9. The van der Waals surface area contributed by atoms with Gasteiger partial charge in [0.05, 0.1) is 11.4 Å². The summed E-state index contributed by atoms with van der Waals surface area (Å²) in [6, 6.07) is 14.9. The lowest BCUT2D eigenvalue weighted by atomic mass is 10.2. The highest BCUT2D eigenvalue weighted by Gasteiger charge is 2.17. The van der Waals surface area contributed by atoms with Crippen LogP contribution in [0.15, 0.2) is 48.5 Å². The van der Waals surface area contributed by atoms with Gasteiger partial charge in [-0.25, -0.2) is 4.68 Å². The van der Waals surface area contributed by atoms with Crippen molar-refractivity contribution in [1.82, 2.24) is 15.0 Å². The number of amides is 2. The quantitative estimate of drug-likeness (QED) is 0.772. The Hall–Kier alpha value is -3.48. The SMILES string of the molecule is CC(=O)N(C)c1ccc(NC(=O)c2nnn(-c3ccc(C)cc3)c2C)cc1. The number of hydrogen-bond donors (Lipinski definition) is 1. The van der Waals surface area contributed by atoms with Gasteiger partial charge in [0.1, 0.15) is 0 Å². The van der Waals surface area contributed by atoms with Crippen molar-refractivity contribution in [3.05, 3.63) is 65.5 Å². The van der Waals surface area contributed by atoms with Gasteiger partial charge in [-0.3, -0.25) is 9.59 Å². The van der Waals surface area contributed by atoms with Crippen molar-refractivity contribution in [3.63, 3.8) is 0 Å². The molecule has 3 rings (SSSR count). The summed E-state index contributed by atoms with van der Waals surface area (Å²) in [5.41, 5.74) is 4.28. The van der Waals surface area contributed by atoms with E-state index in [0.29, 0.717) is 11.4 Å². The molecule has 1 N–H and O–H groups in total. The maximum Gasteiger partial charge on any atom is 0.278 e. The van der Waals surface area contributed by atoms with E-state index in [1.165, 1.54) is 11.8 Å². The van der Waals surface area contributed by atoms with Crippen LogP contribution in [0, 0.1) is 13.8 Å². The van der Waals surface area contributed by atoms with Gasteiger partial charge in [0.15, 0.2) is 5.69 Å². The van der Waals surface area contributed by atoms with Crippen LogP contribution in [0.1, 0.15) is 28.7 Å². The lowest BCUT2D eigenvalue weighted by molar-refractivity contribution is -0.116. The second kappa shape index (κ2) is 7.41. The second-order valence-electron chi connectivity index (χ2n) is 6.35. The van der Waals surface area contributed by atoms with Crippen molar-refractivity contribution in [1.29, 1.82) is 0 Å². The summed E-state index contributed by atoms with van der Waals surface area (Å²) in [5.74, 6) is -0.395. The normalized spacial score (nSPS) is 10.5. The maximum absolute atomic E-state index is 12.6. The minimum Gasteiger partial charge on any atom is -0.321 e. The van der Waals surface area contributed by atoms with Crippen LogP contribution < -0.4 is 10.2 Å². The fourth-order valence-electron chi connectivity index (χ4n) is 2.61. The van der Waals surface area contributed by atoms with Crippen molar-refractivity contribution < 1.29 is 9.59 Å². The summed E-state index contributed by atoms with van der Waals surface area (Å²) in [4.78, 5) is 25.5. The molecular weight excluding hydrogens is 342 g/mol. The minimum atomic E-state index is -0.335. The van der Waals surface area contributed by atoms with Crippen LogP contribution >= 0.6 is 0 Å². The lowest BCUT2D eigenvalue weighted by Crippen LogP contribution is -2.22. The molecule has 0 radical (unpaired) electrons. The van der Waals surface area contributed by atoms with Gasteiger partial charge in [0, 0.05) is 25.3 Å². The third-order valence-electron chi connectivity index (χ3n) is 4.37. The molecule has 0 bridgehead atoms. The number of rotatable bonds is 4. The summed E-state index contributed by atoms with van der Waals surface area (Å²) < 4.78 is 1.64. The van der Waals surface area contributed by atoms with Gasteiger partial charge < -0.3 is 10.2 Å². The van der Waals surface area contributed by atoms with Gasteiger partial charge >= 0.3 is 0 Å². The maximum atomic E-state index is 12.6. The fraction of sp³-hybridized carbons (Fsp3) is 0.200. The molecular formula is C20H21N5O2. The van der Waals surface area contributed by atoms with E-state index in [0.717, 1.165) is 16.9 Å². The predicted octanol–water partition coefficient (Wildman–Crippen LogP) is 3.12. The Balaban J connectivity index is 1.77. The molecule has 0 unspecified atom stereocenters. The lowest BCUT2D eigenvalue weighted by Gasteiger charge is -2.15. The number of nitrogens with zero attached hydrogens (tertiary/aromatic N) is 4. The van der Waals surface area contributed by atoms with Crippen LogP contribution in [0.3, 0.4) is 0 Å². The van der Waals surface area contributed by atoms with E-state index >= 15 is 0 Å². The number of anilines is 2. The second-order valence-corrected chi connectivity index (χ2v) is 6.35. The van der Waals surface area contributed by atoms with Gasteiger partial charge in [0.2, 0.25) is 5.91 Å². The van der Waals surface area contributed by atoms with Crippen LogP contribution in [0.5, 0.6) is 0 Å². The topological polar surface area (TPSA) is 80.1 Å². The number of carbonyl (C=O) groups excluding carboxylic acids is 2. The molecule has 7 heteroatoms. The molecule has 27 heavy (non-hydrogen) atoms. The molecule has 138 valence electrons. The van der Waals surface area contributed by atoms with Crippen molar-refractivity contribution in [3.8, 4) is 5.69 Å². The molecule has 1 heterocycles. The third kappa shape index (κ3) is 3.87. The van der Waals surface area contributed by atoms with Crippen molar-refractivity contribution in [2.45, 2.75) is 20.8 Å². The Morgan fingerprint density at radius 1 is 1.00 bits per heavy atom. The summed E-state index contributed by atoms with van der Waals surface area (Å²) in [5, 5.41) is 10.9. The van der Waals surface area contributed by atoms with E-state index in [4.69, 9.17) is 0 Å². The molecule has 0 aliphatic carbocycles. The van der Waals surface area contributed by atoms with E-state index in [1.807, 2.05) is 31.2 Å². The fourth-order valence-corrected chi connectivity index (χ4v) is 2.61. The van der Waals surface area contributed by atoms with Crippen molar-refractivity contribution >= 4 is 23.2 Å². The first kappa shape index (κ1) is 18.3. The average Bonchev–Trinajstić information content (AvgIpc) is 3.04. The highest BCUT2D eigenvalue weighted by molar-refractivity contribution is 6.03. The summed E-state index contributed by atoms with van der Waals surface area (Å²) in [6.45, 7) is 5.31. The monoisotopic (exact) mass is 363 g/mol. The number of carbonyl (C=O) groups is 2. The number of hydrogen-bond acceptors (Lipinski definition) is 4. The summed E-state index contributed by atoms with van der Waals surface area (Å²) in [7, 11) is 1.70. The zero-order valence-electron chi connectivity index (χ0n) is 15.7. The standard InChI is InChI=1S/C20H21N5O2/c1-13-5-9-18(10-6-13)25-14(2)19(22-23-25)20(27)21-16-7-11-17(12-8-16)24(4)15(3)26/h5-12H,1-4H3,(H,21,27). The van der Waals surface area contributed by atoms with Crippen LogP contribution in [-0.2, 0) is 4.79 Å². The molecule has 0 aliphatic rings. The van der Waals surface area contributed by atoms with E-state index in [2.05, 4.69) is 15.6 Å². The van der Waals surface area contributed by atoms with Gasteiger partial charge in [-0.2, -0.15) is 0 Å². The summed E-state index contributed by atoms with van der Waals surface area (Å²) >= 11 is 0. The Labute approximate surface area is 157 Å². The Morgan fingerprint density at radius 3 is 2.22 bits per heavy atom. The Bertz CT molecular complexity index is 975. The van der Waals surface area contributed by atoms with E-state index in [-0.39, 0.29) is 17.5 Å². The minimum absolute atomic E-state index is 0.0601. The Morgan fingerprint density at radius 2 is 1.63 bits per heavy atom. The summed E-state index contributed by atoms with van der Waals surface area (Å²) in [6.07, 6.45) is 0. The van der Waals surface area contributed by atoms with E-state index < -0.39 is 0 Å². The van der Waals surface area contributed by atoms with Crippen molar-refractivity contribution in [2.24, 2.45) is 0 Å². The first-order valence-corrected chi connectivity index (χ1v) is 8.52. The van der Waals surface area contributed by atoms with Crippen LogP contribution in [0.2, 0.25) is 0 Å². The molecule has 0 saturated carbocycles. The van der Waals surface area contributed by atoms with E-state index in [9.17, 15) is 9.59 Å². The molecule has 2 aromatic carbocycles. The zero-order valence-corrected chi connectivity index (χ0v) is 15.7. The molecule has 7 nitrogen and oxygen atoms in total. The molecule has 0 saturated heterocycles. The highest BCUT2D eigenvalue weighted by atomic mass is 16.2. The predicted molar refractivity (Wildman–Crippen MR) is 104 cm³/mol. The molecule has 0 spiro atoms. The van der Waals surface area contributed by atoms with Gasteiger partial charge in [-0.1, -0.05) is 22.9 Å². The highest BCUT2D eigenvalue weighted by Crippen LogP contribution is 2.19. The van der Waals surface area contributed by atoms with Crippen molar-refractivity contribution in [2.75, 3.05) is 17.3 Å². The average molecular weight is 363 g/mol. The van der Waals surface area contributed by atoms with Gasteiger partial charge in [-0.15, -0.1) is 5.10 Å². The largest absolute Gasteiger partial charge is 0.321 e. The zero-order chi connectivity index (χ0) is 19.6. The van der Waals surface area contributed by atoms with E-state index in [1.54, 1.807) is 42.9 Å². The number of benzene rings is 2. The van der Waals surface area contributed by atoms with Crippen LogP contribution in [0.25, 0.3) is 5.69 Å². The van der Waals surface area contributed by atoms with Crippen LogP contribution in [-0.4, -0.2) is 33.9 Å². The molecule has 0 atom stereocenters. The molecule has 0 aliphatic heterocycles. The Kier molecular flexibility index (Phi) is 5.03. The smallest absolute Gasteiger partial charge is 0.278 e. The van der Waals surface area contributed by atoms with Crippen LogP contribution in [0.4, 0.5) is 11.4 Å². The van der Waals surface area contributed by atoms with Gasteiger partial charge in [0.25, 0.3) is 5.91 Å². The number of nitrogens with one attached hydrogen (secondary N) is 1. The number of aromatic nitrogens is 3. The van der Waals surface area contributed by atoms with Gasteiger partial charge in [-0.05, 0) is 50.2 Å². The first-order valence-electron chi connectivity index (χ1n) is 8.52. The molecule has 1 aromatic heterocycles. The molecule has 3 aromatic rings. The molecule has 2 amide bonds. The molecule has 0 fully saturated rings. The third-order valence-corrected chi connectivity index (χ3v) is 4.37. The number of aryl methyl sites for hydroxylation is 1.